The number of amides is 2. The molecule has 0 aliphatic carbocycles. The lowest BCUT2D eigenvalue weighted by Crippen LogP contribution is -2.36. The molecule has 8 nitrogen and oxygen atoms in total. The van der Waals surface area contributed by atoms with Crippen molar-refractivity contribution in [1.82, 2.24) is 14.9 Å². The number of hydrogen-bond donors (Lipinski definition) is 1. The minimum atomic E-state index is -0.417. The zero-order valence-corrected chi connectivity index (χ0v) is 14.4. The second-order valence-corrected chi connectivity index (χ2v) is 6.01. The van der Waals surface area contributed by atoms with Gasteiger partial charge in [0.05, 0.1) is 19.4 Å². The second-order valence-electron chi connectivity index (χ2n) is 6.01. The van der Waals surface area contributed by atoms with Crippen molar-refractivity contribution in [1.29, 1.82) is 0 Å². The molecule has 2 aromatic rings. The zero-order valence-electron chi connectivity index (χ0n) is 14.4. The Bertz CT molecular complexity index is 864. The van der Waals surface area contributed by atoms with Gasteiger partial charge in [-0.2, -0.15) is 0 Å². The highest BCUT2D eigenvalue weighted by Crippen LogP contribution is 2.27. The Labute approximate surface area is 150 Å². The van der Waals surface area contributed by atoms with Crippen LogP contribution in [0.4, 0.5) is 5.69 Å². The molecule has 8 heteroatoms. The molecule has 1 aromatic carbocycles. The van der Waals surface area contributed by atoms with Crippen molar-refractivity contribution >= 4 is 17.5 Å². The number of aromatic nitrogens is 2. The van der Waals surface area contributed by atoms with Crippen LogP contribution in [0.3, 0.4) is 0 Å². The van der Waals surface area contributed by atoms with Gasteiger partial charge in [-0.15, -0.1) is 0 Å². The Morgan fingerprint density at radius 2 is 2.19 bits per heavy atom. The molecule has 1 unspecified atom stereocenters. The fourth-order valence-electron chi connectivity index (χ4n) is 2.90. The molecule has 3 rings (SSSR count). The number of carbonyl (C=O) groups is 2. The van der Waals surface area contributed by atoms with Gasteiger partial charge in [0.15, 0.2) is 0 Å². The highest BCUT2D eigenvalue weighted by molar-refractivity contribution is 6.00. The number of methoxy groups -OCH3 is 1. The number of nitrogens with zero attached hydrogens (tertiary/aromatic N) is 3. The maximum absolute atomic E-state index is 12.3. The highest BCUT2D eigenvalue weighted by atomic mass is 16.5. The molecule has 1 aromatic heterocycles. The summed E-state index contributed by atoms with van der Waals surface area (Å²) >= 11 is 0. The van der Waals surface area contributed by atoms with Gasteiger partial charge in [0.1, 0.15) is 5.75 Å². The Hall–Kier alpha value is -3.16. The summed E-state index contributed by atoms with van der Waals surface area (Å²) in [5.74, 6) is -0.0491. The summed E-state index contributed by atoms with van der Waals surface area (Å²) in [7, 11) is 1.56. The van der Waals surface area contributed by atoms with E-state index in [-0.39, 0.29) is 23.8 Å². The third kappa shape index (κ3) is 3.90. The molecule has 2 amide bonds. The molecule has 1 aliphatic heterocycles. The monoisotopic (exact) mass is 356 g/mol. The summed E-state index contributed by atoms with van der Waals surface area (Å²) in [6.45, 7) is 0.956. The predicted octanol–water partition coefficient (Wildman–Crippen LogP) is 0.421. The van der Waals surface area contributed by atoms with E-state index in [4.69, 9.17) is 4.74 Å². The molecular weight excluding hydrogens is 336 g/mol. The Balaban J connectivity index is 1.57. The lowest BCUT2D eigenvalue weighted by molar-refractivity contribution is -0.126. The quantitative estimate of drug-likeness (QED) is 0.810. The normalized spacial score (nSPS) is 16.6. The molecule has 1 fully saturated rings. The second kappa shape index (κ2) is 7.81. The van der Waals surface area contributed by atoms with Crippen LogP contribution in [0.25, 0.3) is 0 Å². The number of benzene rings is 1. The maximum atomic E-state index is 12.3. The fraction of sp³-hybridized carbons (Fsp3) is 0.333. The average Bonchev–Trinajstić information content (AvgIpc) is 3.05. The third-order valence-corrected chi connectivity index (χ3v) is 4.31. The highest BCUT2D eigenvalue weighted by Gasteiger charge is 2.35. The van der Waals surface area contributed by atoms with Gasteiger partial charge in [-0.3, -0.25) is 19.0 Å². The summed E-state index contributed by atoms with van der Waals surface area (Å²) < 4.78 is 6.60. The molecule has 2 heterocycles. The van der Waals surface area contributed by atoms with Crippen molar-refractivity contribution < 1.29 is 14.3 Å². The van der Waals surface area contributed by atoms with Crippen molar-refractivity contribution in [3.05, 3.63) is 53.2 Å². The Morgan fingerprint density at radius 3 is 2.96 bits per heavy atom. The predicted molar refractivity (Wildman–Crippen MR) is 95.0 cm³/mol. The van der Waals surface area contributed by atoms with Crippen molar-refractivity contribution in [3.63, 3.8) is 0 Å². The molecule has 0 saturated carbocycles. The first kappa shape index (κ1) is 17.7. The number of rotatable bonds is 6. The molecule has 1 aliphatic rings. The molecule has 136 valence electrons. The van der Waals surface area contributed by atoms with Gasteiger partial charge in [0.2, 0.25) is 11.8 Å². The number of nitrogens with one attached hydrogen (secondary N) is 1. The first-order valence-electron chi connectivity index (χ1n) is 8.31. The van der Waals surface area contributed by atoms with Crippen LogP contribution in [0.2, 0.25) is 0 Å². The molecule has 1 saturated heterocycles. The van der Waals surface area contributed by atoms with E-state index in [9.17, 15) is 14.4 Å². The largest absolute Gasteiger partial charge is 0.497 e. The number of ether oxygens (including phenoxy) is 1. The fourth-order valence-corrected chi connectivity index (χ4v) is 2.90. The first-order valence-corrected chi connectivity index (χ1v) is 8.31. The molecule has 1 atom stereocenters. The van der Waals surface area contributed by atoms with Crippen molar-refractivity contribution in [3.8, 4) is 5.75 Å². The van der Waals surface area contributed by atoms with Gasteiger partial charge in [-0.1, -0.05) is 6.07 Å². The molecule has 26 heavy (non-hydrogen) atoms. The average molecular weight is 356 g/mol. The van der Waals surface area contributed by atoms with Crippen LogP contribution in [-0.4, -0.2) is 41.6 Å². The summed E-state index contributed by atoms with van der Waals surface area (Å²) in [6, 6.07) is 8.56. The van der Waals surface area contributed by atoms with Gasteiger partial charge in [-0.05, 0) is 12.1 Å². The van der Waals surface area contributed by atoms with E-state index in [1.54, 1.807) is 30.2 Å². The van der Waals surface area contributed by atoms with E-state index in [1.165, 1.54) is 23.2 Å². The lowest BCUT2D eigenvalue weighted by atomic mass is 10.1. The number of carbonyl (C=O) groups excluding carboxylic acids is 2. The lowest BCUT2D eigenvalue weighted by Gasteiger charge is -2.17. The SMILES string of the molecule is COc1cccc(N2CC(C(=O)NCCn3cnccc3=O)CC2=O)c1. The molecule has 0 spiro atoms. The molecule has 0 radical (unpaired) electrons. The zero-order chi connectivity index (χ0) is 18.5. The topological polar surface area (TPSA) is 93.5 Å². The molecule has 0 bridgehead atoms. The first-order chi connectivity index (χ1) is 12.6. The molecule has 1 N–H and O–H groups in total. The number of hydrogen-bond acceptors (Lipinski definition) is 5. The van der Waals surface area contributed by atoms with Crippen molar-refractivity contribution in [2.45, 2.75) is 13.0 Å². The third-order valence-electron chi connectivity index (χ3n) is 4.31. The summed E-state index contributed by atoms with van der Waals surface area (Å²) in [4.78, 5) is 41.7. The van der Waals surface area contributed by atoms with Gasteiger partial charge in [-0.25, -0.2) is 4.98 Å². The van der Waals surface area contributed by atoms with Gasteiger partial charge >= 0.3 is 0 Å². The van der Waals surface area contributed by atoms with Crippen molar-refractivity contribution in [2.24, 2.45) is 5.92 Å². The van der Waals surface area contributed by atoms with E-state index >= 15 is 0 Å². The standard InChI is InChI=1S/C18H20N4O4/c1-26-15-4-2-3-14(10-15)22-11-13(9-17(22)24)18(25)20-7-8-21-12-19-6-5-16(21)23/h2-6,10,12-13H,7-9,11H2,1H3,(H,20,25). The van der Waals surface area contributed by atoms with Crippen LogP contribution < -0.4 is 20.5 Å². The summed E-state index contributed by atoms with van der Waals surface area (Å²) in [6.07, 6.45) is 3.02. The van der Waals surface area contributed by atoms with Crippen LogP contribution in [0.1, 0.15) is 6.42 Å². The minimum absolute atomic E-state index is 0.0955. The smallest absolute Gasteiger partial charge is 0.253 e. The van der Waals surface area contributed by atoms with Crippen LogP contribution in [0, 0.1) is 5.92 Å². The van der Waals surface area contributed by atoms with E-state index in [0.29, 0.717) is 31.1 Å². The minimum Gasteiger partial charge on any atom is -0.497 e. The molecular formula is C18H20N4O4. The Kier molecular flexibility index (Phi) is 5.31. The van der Waals surface area contributed by atoms with Crippen LogP contribution >= 0.6 is 0 Å². The van der Waals surface area contributed by atoms with Crippen LogP contribution in [0.15, 0.2) is 47.7 Å². The van der Waals surface area contributed by atoms with Gasteiger partial charge < -0.3 is 15.0 Å². The van der Waals surface area contributed by atoms with E-state index < -0.39 is 5.92 Å². The van der Waals surface area contributed by atoms with E-state index in [0.717, 1.165) is 0 Å². The van der Waals surface area contributed by atoms with Gasteiger partial charge in [0, 0.05) is 50.1 Å². The number of anilines is 1. The van der Waals surface area contributed by atoms with Crippen LogP contribution in [0.5, 0.6) is 5.75 Å². The van der Waals surface area contributed by atoms with E-state index in [1.807, 2.05) is 6.07 Å². The van der Waals surface area contributed by atoms with Crippen molar-refractivity contribution in [2.75, 3.05) is 25.1 Å². The van der Waals surface area contributed by atoms with E-state index in [2.05, 4.69) is 10.3 Å². The van der Waals surface area contributed by atoms with Crippen LogP contribution in [-0.2, 0) is 16.1 Å². The Morgan fingerprint density at radius 1 is 1.35 bits per heavy atom. The van der Waals surface area contributed by atoms with Gasteiger partial charge in [0.25, 0.3) is 5.56 Å². The maximum Gasteiger partial charge on any atom is 0.253 e. The summed E-state index contributed by atoms with van der Waals surface area (Å²) in [5.41, 5.74) is 0.543. The summed E-state index contributed by atoms with van der Waals surface area (Å²) in [5, 5.41) is 2.79.